The molecule has 1 heterocycles. The molecule has 0 spiro atoms. The van der Waals surface area contributed by atoms with Crippen molar-refractivity contribution in [2.24, 2.45) is 5.73 Å². The highest BCUT2D eigenvalue weighted by Crippen LogP contribution is 2.30. The van der Waals surface area contributed by atoms with Crippen LogP contribution in [0.4, 0.5) is 13.2 Å². The first kappa shape index (κ1) is 13.9. The molecule has 0 bridgehead atoms. The van der Waals surface area contributed by atoms with Gasteiger partial charge in [0.1, 0.15) is 11.3 Å². The Morgan fingerprint density at radius 1 is 1.32 bits per heavy atom. The van der Waals surface area contributed by atoms with Crippen molar-refractivity contribution in [2.75, 3.05) is 13.1 Å². The number of nitrogens with one attached hydrogen (secondary N) is 1. The molecule has 0 aliphatic rings. The van der Waals surface area contributed by atoms with Gasteiger partial charge in [-0.25, -0.2) is 0 Å². The lowest BCUT2D eigenvalue weighted by atomic mass is 10.0. The standard InChI is InChI=1S/C13H15F3N2O/c1-8-12(9-4-2-3-5-11(9)19-8)10(6-17)18-7-13(14,15)16/h2-5,10,18H,6-7,17H2,1H3. The van der Waals surface area contributed by atoms with Gasteiger partial charge in [-0.05, 0) is 13.0 Å². The van der Waals surface area contributed by atoms with Crippen LogP contribution < -0.4 is 11.1 Å². The molecule has 2 aromatic rings. The van der Waals surface area contributed by atoms with Gasteiger partial charge in [0.2, 0.25) is 0 Å². The zero-order valence-corrected chi connectivity index (χ0v) is 10.4. The fourth-order valence-electron chi connectivity index (χ4n) is 2.16. The highest BCUT2D eigenvalue weighted by Gasteiger charge is 2.29. The Hall–Kier alpha value is -1.53. The van der Waals surface area contributed by atoms with E-state index in [2.05, 4.69) is 5.32 Å². The number of alkyl halides is 3. The summed E-state index contributed by atoms with van der Waals surface area (Å²) in [6.07, 6.45) is -4.26. The van der Waals surface area contributed by atoms with Crippen molar-refractivity contribution in [1.29, 1.82) is 0 Å². The van der Waals surface area contributed by atoms with Crippen LogP contribution in [-0.2, 0) is 0 Å². The summed E-state index contributed by atoms with van der Waals surface area (Å²) in [7, 11) is 0. The minimum atomic E-state index is -4.26. The molecule has 1 atom stereocenters. The van der Waals surface area contributed by atoms with E-state index in [0.717, 1.165) is 5.39 Å². The van der Waals surface area contributed by atoms with Crippen molar-refractivity contribution in [3.8, 4) is 0 Å². The first-order chi connectivity index (χ1) is 8.92. The van der Waals surface area contributed by atoms with Gasteiger partial charge in [-0.1, -0.05) is 18.2 Å². The van der Waals surface area contributed by atoms with E-state index in [0.29, 0.717) is 16.9 Å². The maximum Gasteiger partial charge on any atom is 0.401 e. The van der Waals surface area contributed by atoms with Gasteiger partial charge >= 0.3 is 6.18 Å². The second-order valence-corrected chi connectivity index (χ2v) is 4.35. The Balaban J connectivity index is 2.32. The van der Waals surface area contributed by atoms with E-state index in [1.54, 1.807) is 13.0 Å². The molecule has 104 valence electrons. The van der Waals surface area contributed by atoms with Crippen LogP contribution in [0.3, 0.4) is 0 Å². The van der Waals surface area contributed by atoms with Crippen LogP contribution >= 0.6 is 0 Å². The molecule has 3 N–H and O–H groups in total. The number of rotatable bonds is 4. The minimum Gasteiger partial charge on any atom is -0.461 e. The predicted octanol–water partition coefficient (Wildman–Crippen LogP) is 2.89. The smallest absolute Gasteiger partial charge is 0.401 e. The average molecular weight is 272 g/mol. The molecular weight excluding hydrogens is 257 g/mol. The number of furan rings is 1. The minimum absolute atomic E-state index is 0.0699. The second kappa shape index (κ2) is 5.22. The summed E-state index contributed by atoms with van der Waals surface area (Å²) < 4.78 is 42.4. The summed E-state index contributed by atoms with van der Waals surface area (Å²) in [4.78, 5) is 0. The normalized spacial score (nSPS) is 13.9. The number of halogens is 3. The van der Waals surface area contributed by atoms with E-state index < -0.39 is 18.8 Å². The van der Waals surface area contributed by atoms with Crippen LogP contribution in [0.5, 0.6) is 0 Å². The van der Waals surface area contributed by atoms with Gasteiger partial charge in [0.05, 0.1) is 6.54 Å². The molecule has 0 saturated carbocycles. The molecular formula is C13H15F3N2O. The first-order valence-corrected chi connectivity index (χ1v) is 5.90. The Kier molecular flexibility index (Phi) is 3.82. The molecule has 0 amide bonds. The molecule has 6 heteroatoms. The van der Waals surface area contributed by atoms with Crippen molar-refractivity contribution in [3.63, 3.8) is 0 Å². The highest BCUT2D eigenvalue weighted by atomic mass is 19.4. The largest absolute Gasteiger partial charge is 0.461 e. The Bertz CT molecular complexity index is 563. The van der Waals surface area contributed by atoms with E-state index in [4.69, 9.17) is 10.2 Å². The maximum absolute atomic E-state index is 12.3. The van der Waals surface area contributed by atoms with E-state index in [1.165, 1.54) is 0 Å². The zero-order valence-electron chi connectivity index (χ0n) is 10.4. The van der Waals surface area contributed by atoms with Crippen molar-refractivity contribution < 1.29 is 17.6 Å². The molecule has 0 aliphatic carbocycles. The highest BCUT2D eigenvalue weighted by molar-refractivity contribution is 5.82. The van der Waals surface area contributed by atoms with Gasteiger partial charge in [-0.2, -0.15) is 13.2 Å². The molecule has 0 saturated heterocycles. The monoisotopic (exact) mass is 272 g/mol. The van der Waals surface area contributed by atoms with E-state index in [9.17, 15) is 13.2 Å². The van der Waals surface area contributed by atoms with Crippen LogP contribution in [-0.4, -0.2) is 19.3 Å². The Morgan fingerprint density at radius 2 is 2.00 bits per heavy atom. The third-order valence-corrected chi connectivity index (χ3v) is 2.95. The van der Waals surface area contributed by atoms with E-state index in [-0.39, 0.29) is 6.54 Å². The number of hydrogen-bond acceptors (Lipinski definition) is 3. The molecule has 0 fully saturated rings. The summed E-state index contributed by atoms with van der Waals surface area (Å²) >= 11 is 0. The SMILES string of the molecule is Cc1oc2ccccc2c1C(CN)NCC(F)(F)F. The summed E-state index contributed by atoms with van der Waals surface area (Å²) in [6, 6.07) is 6.65. The average Bonchev–Trinajstić information content (AvgIpc) is 2.66. The van der Waals surface area contributed by atoms with Gasteiger partial charge in [0.25, 0.3) is 0 Å². The van der Waals surface area contributed by atoms with Crippen molar-refractivity contribution in [1.82, 2.24) is 5.32 Å². The number of fused-ring (bicyclic) bond motifs is 1. The number of aryl methyl sites for hydroxylation is 1. The van der Waals surface area contributed by atoms with E-state index >= 15 is 0 Å². The molecule has 19 heavy (non-hydrogen) atoms. The lowest BCUT2D eigenvalue weighted by molar-refractivity contribution is -0.126. The Labute approximate surface area is 108 Å². The van der Waals surface area contributed by atoms with Crippen LogP contribution in [0.25, 0.3) is 11.0 Å². The van der Waals surface area contributed by atoms with Crippen molar-refractivity contribution >= 4 is 11.0 Å². The lowest BCUT2D eigenvalue weighted by Crippen LogP contribution is -2.35. The Morgan fingerprint density at radius 3 is 2.63 bits per heavy atom. The molecule has 1 aromatic carbocycles. The van der Waals surface area contributed by atoms with Crippen LogP contribution in [0.2, 0.25) is 0 Å². The van der Waals surface area contributed by atoms with Gasteiger partial charge in [-0.15, -0.1) is 0 Å². The predicted molar refractivity (Wildman–Crippen MR) is 66.8 cm³/mol. The number of nitrogens with two attached hydrogens (primary N) is 1. The molecule has 0 radical (unpaired) electrons. The van der Waals surface area contributed by atoms with Gasteiger partial charge in [0.15, 0.2) is 0 Å². The second-order valence-electron chi connectivity index (χ2n) is 4.35. The first-order valence-electron chi connectivity index (χ1n) is 5.90. The molecule has 2 rings (SSSR count). The number of hydrogen-bond donors (Lipinski definition) is 2. The quantitative estimate of drug-likeness (QED) is 0.899. The maximum atomic E-state index is 12.3. The number of benzene rings is 1. The topological polar surface area (TPSA) is 51.2 Å². The summed E-state index contributed by atoms with van der Waals surface area (Å²) in [5.41, 5.74) is 6.93. The van der Waals surface area contributed by atoms with Gasteiger partial charge in [-0.3, -0.25) is 0 Å². The van der Waals surface area contributed by atoms with Crippen molar-refractivity contribution in [2.45, 2.75) is 19.1 Å². The third-order valence-electron chi connectivity index (χ3n) is 2.95. The zero-order chi connectivity index (χ0) is 14.0. The molecule has 3 nitrogen and oxygen atoms in total. The van der Waals surface area contributed by atoms with Crippen LogP contribution in [0.1, 0.15) is 17.4 Å². The summed E-state index contributed by atoms with van der Waals surface area (Å²) in [5.74, 6) is 0.589. The van der Waals surface area contributed by atoms with Gasteiger partial charge < -0.3 is 15.5 Å². The van der Waals surface area contributed by atoms with Crippen LogP contribution in [0.15, 0.2) is 28.7 Å². The molecule has 1 unspecified atom stereocenters. The van der Waals surface area contributed by atoms with Crippen LogP contribution in [0, 0.1) is 6.92 Å². The van der Waals surface area contributed by atoms with Crippen molar-refractivity contribution in [3.05, 3.63) is 35.6 Å². The van der Waals surface area contributed by atoms with E-state index in [1.807, 2.05) is 18.2 Å². The van der Waals surface area contributed by atoms with Gasteiger partial charge in [0, 0.05) is 23.5 Å². The third kappa shape index (κ3) is 3.08. The number of para-hydroxylation sites is 1. The summed E-state index contributed by atoms with van der Waals surface area (Å²) in [5, 5.41) is 3.23. The fraction of sp³-hybridized carbons (Fsp3) is 0.385. The lowest BCUT2D eigenvalue weighted by Gasteiger charge is -2.18. The molecule has 0 aliphatic heterocycles. The summed E-state index contributed by atoms with van der Waals surface area (Å²) in [6.45, 7) is 0.724. The fourth-order valence-corrected chi connectivity index (χ4v) is 2.16. The molecule has 1 aromatic heterocycles.